The molecule has 0 saturated heterocycles. The Kier molecular flexibility index (Phi) is 7.49. The molecule has 7 rings (SSSR count). The summed E-state index contributed by atoms with van der Waals surface area (Å²) in [7, 11) is 0. The number of aromatic nitrogens is 3. The van der Waals surface area contributed by atoms with Crippen molar-refractivity contribution >= 4 is 43.5 Å². The normalized spacial score (nSPS) is 13.4. The number of hydrogen-bond donors (Lipinski definition) is 0. The molecule has 0 unspecified atom stereocenters. The van der Waals surface area contributed by atoms with Gasteiger partial charge in [-0.2, -0.15) is 0 Å². The third-order valence-corrected chi connectivity index (χ3v) is 8.38. The second kappa shape index (κ2) is 12.5. The van der Waals surface area contributed by atoms with Gasteiger partial charge in [-0.25, -0.2) is 4.98 Å². The zero-order chi connectivity index (χ0) is 32.9. The Morgan fingerprint density at radius 1 is 0.930 bits per heavy atom. The fraction of sp³-hybridized carbons (Fsp3) is 0.216. The van der Waals surface area contributed by atoms with Gasteiger partial charge >= 0.3 is 0 Å². The van der Waals surface area contributed by atoms with E-state index >= 15 is 0 Å². The Labute approximate surface area is 276 Å². The molecule has 0 saturated carbocycles. The molecule has 219 valence electrons. The molecule has 3 aromatic carbocycles. The van der Waals surface area contributed by atoms with Crippen LogP contribution in [0.3, 0.4) is 0 Å². The van der Waals surface area contributed by atoms with Crippen molar-refractivity contribution in [3.8, 4) is 22.5 Å². The predicted octanol–water partition coefficient (Wildman–Crippen LogP) is 10.3. The quantitative estimate of drug-likeness (QED) is 0.168. The summed E-state index contributed by atoms with van der Waals surface area (Å²) in [5.41, 5.74) is 5.94. The molecule has 4 heterocycles. The van der Waals surface area contributed by atoms with Crippen molar-refractivity contribution < 1.29 is 30.0 Å². The van der Waals surface area contributed by atoms with Gasteiger partial charge in [-0.1, -0.05) is 63.8 Å². The molecule has 0 N–H and O–H groups in total. The van der Waals surface area contributed by atoms with E-state index in [-0.39, 0.29) is 31.1 Å². The van der Waals surface area contributed by atoms with Crippen LogP contribution in [0.2, 0.25) is 0 Å². The first-order valence-corrected chi connectivity index (χ1v) is 14.6. The first kappa shape index (κ1) is 25.8. The Bertz CT molecular complexity index is 2130. The average Bonchev–Trinajstić information content (AvgIpc) is 3.61. The monoisotopic (exact) mass is 764 g/mol. The fourth-order valence-electron chi connectivity index (χ4n) is 4.75. The summed E-state index contributed by atoms with van der Waals surface area (Å²) in [4.78, 5) is 13.5. The largest absolute Gasteiger partial charge is 0.501 e. The number of nitrogens with zero attached hydrogens (tertiary/aromatic N) is 3. The van der Waals surface area contributed by atoms with Crippen LogP contribution >= 0.6 is 11.3 Å². The molecule has 43 heavy (non-hydrogen) atoms. The molecule has 0 atom stereocenters. The van der Waals surface area contributed by atoms with Crippen molar-refractivity contribution in [3.05, 3.63) is 113 Å². The molecule has 0 amide bonds. The summed E-state index contributed by atoms with van der Waals surface area (Å²) < 4.78 is 39.5. The van der Waals surface area contributed by atoms with Crippen LogP contribution < -0.4 is 0 Å². The van der Waals surface area contributed by atoms with Crippen molar-refractivity contribution in [2.45, 2.75) is 52.8 Å². The van der Waals surface area contributed by atoms with Crippen molar-refractivity contribution in [2.24, 2.45) is 0 Å². The van der Waals surface area contributed by atoms with E-state index in [4.69, 9.17) is 14.9 Å². The summed E-state index contributed by atoms with van der Waals surface area (Å²) in [6, 6.07) is 29.6. The second-order valence-electron chi connectivity index (χ2n) is 11.4. The van der Waals surface area contributed by atoms with E-state index in [9.17, 15) is 0 Å². The third kappa shape index (κ3) is 6.33. The summed E-state index contributed by atoms with van der Waals surface area (Å²) >= 11 is 1.69. The van der Waals surface area contributed by atoms with E-state index in [1.165, 1.54) is 6.20 Å². The summed E-state index contributed by atoms with van der Waals surface area (Å²) in [5.74, 6) is -1.11. The SMILES string of the molecule is [2H]C([2H])([2H])c1cnc(-c2[c-]ccc3c2oc2cc4nc(C(C)(C)C)sc4cc23)cc1C([2H])(C)C.[Ir].[c-]1ccccc1-c1ccccn1. The van der Waals surface area contributed by atoms with Gasteiger partial charge in [0.25, 0.3) is 0 Å². The van der Waals surface area contributed by atoms with Crippen LogP contribution in [-0.4, -0.2) is 15.0 Å². The van der Waals surface area contributed by atoms with Crippen molar-refractivity contribution in [1.29, 1.82) is 0 Å². The maximum Gasteiger partial charge on any atom is 0.123 e. The minimum atomic E-state index is -2.35. The Morgan fingerprint density at radius 3 is 2.47 bits per heavy atom. The number of aryl methyl sites for hydroxylation is 1. The molecule has 6 heteroatoms. The molecule has 7 aromatic rings. The van der Waals surface area contributed by atoms with E-state index < -0.39 is 12.7 Å². The Morgan fingerprint density at radius 2 is 1.77 bits per heavy atom. The van der Waals surface area contributed by atoms with Gasteiger partial charge in [0.1, 0.15) is 5.58 Å². The smallest absolute Gasteiger partial charge is 0.123 e. The number of fused-ring (bicyclic) bond motifs is 4. The van der Waals surface area contributed by atoms with E-state index in [0.29, 0.717) is 22.4 Å². The third-order valence-electron chi connectivity index (χ3n) is 6.93. The van der Waals surface area contributed by atoms with Gasteiger partial charge in [0.2, 0.25) is 0 Å². The number of hydrogen-bond acceptors (Lipinski definition) is 5. The maximum absolute atomic E-state index is 8.51. The Balaban J connectivity index is 0.000000280. The predicted molar refractivity (Wildman–Crippen MR) is 175 cm³/mol. The van der Waals surface area contributed by atoms with Gasteiger partial charge in [-0.15, -0.1) is 65.4 Å². The van der Waals surface area contributed by atoms with E-state index in [1.54, 1.807) is 37.4 Å². The molecule has 0 spiro atoms. The van der Waals surface area contributed by atoms with Crippen LogP contribution in [0.4, 0.5) is 0 Å². The zero-order valence-corrected chi connectivity index (χ0v) is 27.8. The van der Waals surface area contributed by atoms with E-state index in [0.717, 1.165) is 42.8 Å². The molecule has 0 aliphatic heterocycles. The number of thiazole rings is 1. The number of furan rings is 1. The molecule has 0 fully saturated rings. The zero-order valence-electron chi connectivity index (χ0n) is 28.6. The molecule has 0 aliphatic carbocycles. The van der Waals surface area contributed by atoms with Crippen LogP contribution in [0.5, 0.6) is 0 Å². The number of benzene rings is 3. The fourth-order valence-corrected chi connectivity index (χ4v) is 5.80. The summed E-state index contributed by atoms with van der Waals surface area (Å²) in [5, 5.41) is 3.00. The molecule has 1 radical (unpaired) electrons. The topological polar surface area (TPSA) is 51.8 Å². The van der Waals surface area contributed by atoms with Crippen molar-refractivity contribution in [1.82, 2.24) is 15.0 Å². The second-order valence-corrected chi connectivity index (χ2v) is 12.4. The van der Waals surface area contributed by atoms with Gasteiger partial charge in [-0.3, -0.25) is 0 Å². The first-order chi connectivity index (χ1) is 21.7. The van der Waals surface area contributed by atoms with E-state index in [2.05, 4.69) is 48.9 Å². The van der Waals surface area contributed by atoms with Crippen LogP contribution in [0.1, 0.15) is 62.1 Å². The maximum atomic E-state index is 8.51. The van der Waals surface area contributed by atoms with Crippen LogP contribution in [0.15, 0.2) is 89.6 Å². The van der Waals surface area contributed by atoms with Gasteiger partial charge in [0, 0.05) is 54.8 Å². The van der Waals surface area contributed by atoms with Gasteiger partial charge in [0.15, 0.2) is 0 Å². The van der Waals surface area contributed by atoms with Crippen LogP contribution in [0.25, 0.3) is 54.7 Å². The molecule has 0 bridgehead atoms. The number of pyridine rings is 2. The first-order valence-electron chi connectivity index (χ1n) is 15.8. The minimum Gasteiger partial charge on any atom is -0.501 e. The van der Waals surface area contributed by atoms with Gasteiger partial charge < -0.3 is 14.4 Å². The molecular formula is C37H33IrN3OS-2. The minimum absolute atomic E-state index is 0. The van der Waals surface area contributed by atoms with Crippen molar-refractivity contribution in [3.63, 3.8) is 0 Å². The standard InChI is InChI=1S/C26H25N2OS.C11H8N.Ir/c1-14(2)18-10-20(27-13-15(18)3)17-9-7-8-16-19-11-23-21(12-22(19)29-24(16)17)28-25(30-23)26(4,5)6;1-2-6-10(7-3-1)11-8-4-5-9-12-11;/h7-8,10-14H,1-6H3;1-6,8-9H;/q2*-1;/i3D3,14D;;. The Hall–Kier alpha value is -3.70. The molecule has 0 aliphatic rings. The average molecular weight is 764 g/mol. The summed E-state index contributed by atoms with van der Waals surface area (Å²) in [6.07, 6.45) is 3.15. The molecule has 4 aromatic heterocycles. The van der Waals surface area contributed by atoms with E-state index in [1.807, 2.05) is 60.7 Å². The number of rotatable bonds is 3. The molecular weight excluding hydrogens is 727 g/mol. The van der Waals surface area contributed by atoms with Gasteiger partial charge in [-0.05, 0) is 47.4 Å². The van der Waals surface area contributed by atoms with Gasteiger partial charge in [0.05, 0.1) is 20.8 Å². The molecule has 4 nitrogen and oxygen atoms in total. The van der Waals surface area contributed by atoms with Crippen LogP contribution in [-0.2, 0) is 25.5 Å². The van der Waals surface area contributed by atoms with Crippen LogP contribution in [0, 0.1) is 19.0 Å². The summed E-state index contributed by atoms with van der Waals surface area (Å²) in [6.45, 7) is 7.48. The van der Waals surface area contributed by atoms with Crippen molar-refractivity contribution in [2.75, 3.05) is 0 Å².